The number of nitrogens with one attached hydrogen (secondary N) is 1. The van der Waals surface area contributed by atoms with E-state index in [0.29, 0.717) is 12.0 Å². The Morgan fingerprint density at radius 2 is 2.16 bits per heavy atom. The van der Waals surface area contributed by atoms with Crippen LogP contribution in [0.3, 0.4) is 0 Å². The lowest BCUT2D eigenvalue weighted by atomic mass is 9.86. The molecule has 5 nitrogen and oxygen atoms in total. The van der Waals surface area contributed by atoms with E-state index in [1.54, 1.807) is 0 Å². The normalized spacial score (nSPS) is 22.2. The minimum atomic E-state index is 0.0174. The van der Waals surface area contributed by atoms with Crippen LogP contribution < -0.4 is 11.1 Å². The molecular formula is C14H24N4O. The van der Waals surface area contributed by atoms with Crippen molar-refractivity contribution in [3.05, 3.63) is 11.8 Å². The maximum absolute atomic E-state index is 5.98. The van der Waals surface area contributed by atoms with E-state index in [2.05, 4.69) is 29.1 Å². The molecule has 0 amide bonds. The summed E-state index contributed by atoms with van der Waals surface area (Å²) in [5.74, 6) is 1.14. The monoisotopic (exact) mass is 264 g/mol. The van der Waals surface area contributed by atoms with Gasteiger partial charge >= 0.3 is 0 Å². The molecule has 1 unspecified atom stereocenters. The zero-order valence-corrected chi connectivity index (χ0v) is 12.1. The van der Waals surface area contributed by atoms with Crippen LogP contribution in [0.1, 0.15) is 45.2 Å². The van der Waals surface area contributed by atoms with Crippen molar-refractivity contribution in [3.63, 3.8) is 0 Å². The van der Waals surface area contributed by atoms with Crippen molar-refractivity contribution < 1.29 is 4.74 Å². The van der Waals surface area contributed by atoms with Gasteiger partial charge in [-0.25, -0.2) is 4.98 Å². The zero-order valence-electron chi connectivity index (χ0n) is 12.1. The molecule has 0 radical (unpaired) electrons. The number of hydrogen-bond acceptors (Lipinski definition) is 5. The van der Waals surface area contributed by atoms with Gasteiger partial charge in [0.1, 0.15) is 5.82 Å². The quantitative estimate of drug-likeness (QED) is 0.874. The van der Waals surface area contributed by atoms with E-state index < -0.39 is 0 Å². The van der Waals surface area contributed by atoms with Gasteiger partial charge in [0, 0.05) is 24.4 Å². The van der Waals surface area contributed by atoms with E-state index in [1.807, 2.05) is 13.0 Å². The molecule has 0 spiro atoms. The lowest BCUT2D eigenvalue weighted by molar-refractivity contribution is -0.0864. The van der Waals surface area contributed by atoms with Crippen LogP contribution in [0.4, 0.5) is 11.8 Å². The Morgan fingerprint density at radius 3 is 2.79 bits per heavy atom. The number of ether oxygens (including phenoxy) is 1. The molecule has 2 heterocycles. The molecule has 5 heteroatoms. The number of nitrogens with zero attached hydrogens (tertiary/aromatic N) is 2. The lowest BCUT2D eigenvalue weighted by Crippen LogP contribution is -2.43. The Labute approximate surface area is 115 Å². The van der Waals surface area contributed by atoms with Crippen molar-refractivity contribution in [1.82, 2.24) is 9.97 Å². The average molecular weight is 264 g/mol. The number of nitrogen functional groups attached to an aromatic ring is 1. The number of anilines is 2. The van der Waals surface area contributed by atoms with Crippen LogP contribution in [0.5, 0.6) is 0 Å². The van der Waals surface area contributed by atoms with Crippen LogP contribution in [0.2, 0.25) is 0 Å². The first-order valence-corrected chi connectivity index (χ1v) is 7.08. The molecule has 0 aliphatic carbocycles. The molecule has 1 fully saturated rings. The van der Waals surface area contributed by atoms with E-state index in [0.717, 1.165) is 43.8 Å². The Morgan fingerprint density at radius 1 is 1.42 bits per heavy atom. The maximum Gasteiger partial charge on any atom is 0.222 e. The Balaban J connectivity index is 2.06. The molecule has 1 saturated heterocycles. The zero-order chi connectivity index (χ0) is 13.9. The van der Waals surface area contributed by atoms with Gasteiger partial charge < -0.3 is 15.8 Å². The van der Waals surface area contributed by atoms with Crippen LogP contribution in [0.15, 0.2) is 6.07 Å². The molecule has 1 atom stereocenters. The second-order valence-corrected chi connectivity index (χ2v) is 5.33. The molecule has 2 rings (SSSR count). The number of aryl methyl sites for hydroxylation is 1. The van der Waals surface area contributed by atoms with Gasteiger partial charge in [-0.15, -0.1) is 0 Å². The van der Waals surface area contributed by atoms with Crippen LogP contribution in [-0.4, -0.2) is 28.2 Å². The summed E-state index contributed by atoms with van der Waals surface area (Å²) < 4.78 is 5.98. The number of nitrogens with two attached hydrogens (primary N) is 1. The Kier molecular flexibility index (Phi) is 4.24. The number of aromatic nitrogens is 2. The highest BCUT2D eigenvalue weighted by atomic mass is 16.5. The van der Waals surface area contributed by atoms with E-state index in [-0.39, 0.29) is 5.60 Å². The Bertz CT molecular complexity index is 411. The minimum Gasteiger partial charge on any atom is -0.375 e. The van der Waals surface area contributed by atoms with Gasteiger partial charge in [0.05, 0.1) is 5.60 Å². The van der Waals surface area contributed by atoms with Crippen LogP contribution in [0, 0.1) is 6.92 Å². The van der Waals surface area contributed by atoms with Crippen LogP contribution in [0.25, 0.3) is 0 Å². The van der Waals surface area contributed by atoms with Crippen molar-refractivity contribution in [1.29, 1.82) is 0 Å². The molecule has 0 saturated carbocycles. The summed E-state index contributed by atoms with van der Waals surface area (Å²) in [5.41, 5.74) is 6.59. The summed E-state index contributed by atoms with van der Waals surface area (Å²) in [6, 6.07) is 2.33. The topological polar surface area (TPSA) is 73.1 Å². The highest BCUT2D eigenvalue weighted by molar-refractivity contribution is 5.41. The smallest absolute Gasteiger partial charge is 0.222 e. The third kappa shape index (κ3) is 3.35. The van der Waals surface area contributed by atoms with E-state index >= 15 is 0 Å². The Hall–Kier alpha value is -1.36. The fourth-order valence-electron chi connectivity index (χ4n) is 2.77. The molecule has 0 bridgehead atoms. The van der Waals surface area contributed by atoms with Crippen molar-refractivity contribution >= 4 is 11.8 Å². The molecule has 1 aromatic rings. The number of hydrogen-bond donors (Lipinski definition) is 2. The van der Waals surface area contributed by atoms with Gasteiger partial charge in [0.15, 0.2) is 0 Å². The first kappa shape index (κ1) is 14.1. The van der Waals surface area contributed by atoms with Gasteiger partial charge in [-0.2, -0.15) is 4.98 Å². The fourth-order valence-corrected chi connectivity index (χ4v) is 2.77. The van der Waals surface area contributed by atoms with E-state index in [1.165, 1.54) is 0 Å². The number of rotatable bonds is 4. The second kappa shape index (κ2) is 5.74. The highest BCUT2D eigenvalue weighted by Gasteiger charge is 2.34. The van der Waals surface area contributed by atoms with Crippen molar-refractivity contribution in [2.75, 3.05) is 17.7 Å². The highest BCUT2D eigenvalue weighted by Crippen LogP contribution is 2.32. The molecule has 106 valence electrons. The van der Waals surface area contributed by atoms with Gasteiger partial charge in [-0.05, 0) is 32.6 Å². The van der Waals surface area contributed by atoms with E-state index in [9.17, 15) is 0 Å². The average Bonchev–Trinajstić information content (AvgIpc) is 2.37. The van der Waals surface area contributed by atoms with Crippen molar-refractivity contribution in [2.24, 2.45) is 0 Å². The molecular weight excluding hydrogens is 240 g/mol. The van der Waals surface area contributed by atoms with Gasteiger partial charge in [0.25, 0.3) is 0 Å². The third-order valence-electron chi connectivity index (χ3n) is 4.01. The van der Waals surface area contributed by atoms with Gasteiger partial charge in [0.2, 0.25) is 5.95 Å². The predicted molar refractivity (Wildman–Crippen MR) is 77.1 cm³/mol. The summed E-state index contributed by atoms with van der Waals surface area (Å²) in [4.78, 5) is 8.33. The first-order valence-electron chi connectivity index (χ1n) is 7.08. The summed E-state index contributed by atoms with van der Waals surface area (Å²) >= 11 is 0. The van der Waals surface area contributed by atoms with Gasteiger partial charge in [-0.1, -0.05) is 13.8 Å². The first-order chi connectivity index (χ1) is 9.07. The molecule has 1 aliphatic heterocycles. The SMILES string of the molecule is CCC1(CC)CC(Nc2cc(C)nc(N)n2)CCO1. The van der Waals surface area contributed by atoms with E-state index in [4.69, 9.17) is 10.5 Å². The van der Waals surface area contributed by atoms with Crippen LogP contribution >= 0.6 is 0 Å². The summed E-state index contributed by atoms with van der Waals surface area (Å²) in [5, 5.41) is 3.47. The van der Waals surface area contributed by atoms with Crippen molar-refractivity contribution in [3.8, 4) is 0 Å². The molecule has 19 heavy (non-hydrogen) atoms. The summed E-state index contributed by atoms with van der Waals surface area (Å²) in [6.45, 7) is 7.12. The van der Waals surface area contributed by atoms with Gasteiger partial charge in [-0.3, -0.25) is 0 Å². The second-order valence-electron chi connectivity index (χ2n) is 5.33. The third-order valence-corrected chi connectivity index (χ3v) is 4.01. The summed E-state index contributed by atoms with van der Waals surface area (Å²) in [7, 11) is 0. The molecule has 3 N–H and O–H groups in total. The lowest BCUT2D eigenvalue weighted by Gasteiger charge is -2.40. The molecule has 0 aromatic carbocycles. The predicted octanol–water partition coefficient (Wildman–Crippen LogP) is 2.52. The summed E-state index contributed by atoms with van der Waals surface area (Å²) in [6.07, 6.45) is 4.12. The largest absolute Gasteiger partial charge is 0.375 e. The van der Waals surface area contributed by atoms with Crippen LogP contribution in [-0.2, 0) is 4.74 Å². The fraction of sp³-hybridized carbons (Fsp3) is 0.714. The standard InChI is InChI=1S/C14H24N4O/c1-4-14(5-2)9-11(6-7-19-14)17-12-8-10(3)16-13(15)18-12/h8,11H,4-7,9H2,1-3H3,(H3,15,16,17,18). The van der Waals surface area contributed by atoms with Crippen molar-refractivity contribution in [2.45, 2.75) is 58.1 Å². The molecule has 1 aliphatic rings. The molecule has 1 aromatic heterocycles. The minimum absolute atomic E-state index is 0.0174. The maximum atomic E-state index is 5.98.